The SMILES string of the molecule is CN1CCC(CCC(=O)N2CCN(C3CCN(C)CC3)CC2)CC1. The van der Waals surface area contributed by atoms with Crippen LogP contribution in [0.3, 0.4) is 0 Å². The molecule has 0 aromatic heterocycles. The van der Waals surface area contributed by atoms with Gasteiger partial charge in [-0.05, 0) is 78.3 Å². The second-order valence-electron chi connectivity index (χ2n) is 8.24. The number of carbonyl (C=O) groups is 1. The fourth-order valence-electron chi connectivity index (χ4n) is 4.53. The van der Waals surface area contributed by atoms with Crippen LogP contribution < -0.4 is 0 Å². The van der Waals surface area contributed by atoms with Crippen LogP contribution in [-0.4, -0.2) is 98.0 Å². The van der Waals surface area contributed by atoms with E-state index in [2.05, 4.69) is 33.7 Å². The van der Waals surface area contributed by atoms with Crippen LogP contribution in [0, 0.1) is 5.92 Å². The van der Waals surface area contributed by atoms with Gasteiger partial charge in [0.1, 0.15) is 0 Å². The van der Waals surface area contributed by atoms with Crippen molar-refractivity contribution in [2.75, 3.05) is 66.5 Å². The van der Waals surface area contributed by atoms with Gasteiger partial charge in [-0.25, -0.2) is 0 Å². The van der Waals surface area contributed by atoms with E-state index in [0.717, 1.165) is 51.0 Å². The highest BCUT2D eigenvalue weighted by Crippen LogP contribution is 2.22. The summed E-state index contributed by atoms with van der Waals surface area (Å²) in [5.41, 5.74) is 0. The summed E-state index contributed by atoms with van der Waals surface area (Å²) in [6.45, 7) is 8.89. The van der Waals surface area contributed by atoms with Crippen molar-refractivity contribution in [3.8, 4) is 0 Å². The predicted octanol–water partition coefficient (Wildman–Crippen LogP) is 1.35. The van der Waals surface area contributed by atoms with E-state index in [0.29, 0.717) is 5.91 Å². The molecule has 0 aromatic carbocycles. The average Bonchev–Trinajstić information content (AvgIpc) is 2.62. The van der Waals surface area contributed by atoms with Gasteiger partial charge in [0, 0.05) is 38.6 Å². The Bertz CT molecular complexity index is 392. The summed E-state index contributed by atoms with van der Waals surface area (Å²) in [6, 6.07) is 0.748. The molecule has 3 saturated heterocycles. The van der Waals surface area contributed by atoms with Crippen LogP contribution in [0.25, 0.3) is 0 Å². The molecule has 5 nitrogen and oxygen atoms in total. The van der Waals surface area contributed by atoms with Gasteiger partial charge in [0.05, 0.1) is 0 Å². The lowest BCUT2D eigenvalue weighted by Crippen LogP contribution is -2.54. The van der Waals surface area contributed by atoms with Crippen molar-refractivity contribution < 1.29 is 4.79 Å². The Morgan fingerprint density at radius 2 is 1.33 bits per heavy atom. The summed E-state index contributed by atoms with van der Waals surface area (Å²) in [7, 11) is 4.42. The molecule has 3 heterocycles. The molecule has 3 aliphatic heterocycles. The highest BCUT2D eigenvalue weighted by atomic mass is 16.2. The third kappa shape index (κ3) is 4.93. The number of carbonyl (C=O) groups excluding carboxylic acids is 1. The van der Waals surface area contributed by atoms with Gasteiger partial charge < -0.3 is 14.7 Å². The van der Waals surface area contributed by atoms with Crippen LogP contribution >= 0.6 is 0 Å². The zero-order valence-electron chi connectivity index (χ0n) is 15.8. The molecule has 1 amide bonds. The Labute approximate surface area is 147 Å². The standard InChI is InChI=1S/C19H36N4O/c1-20-9-5-17(6-10-20)3-4-19(24)23-15-13-22(14-16-23)18-7-11-21(2)12-8-18/h17-18H,3-16H2,1-2H3. The summed E-state index contributed by atoms with van der Waals surface area (Å²) in [6.07, 6.45) is 6.99. The molecule has 0 saturated carbocycles. The van der Waals surface area contributed by atoms with E-state index in [1.807, 2.05) is 0 Å². The molecule has 24 heavy (non-hydrogen) atoms. The van der Waals surface area contributed by atoms with Gasteiger partial charge in [0.15, 0.2) is 0 Å². The maximum Gasteiger partial charge on any atom is 0.222 e. The fraction of sp³-hybridized carbons (Fsp3) is 0.947. The van der Waals surface area contributed by atoms with Crippen molar-refractivity contribution in [1.82, 2.24) is 19.6 Å². The van der Waals surface area contributed by atoms with Crippen LogP contribution in [0.5, 0.6) is 0 Å². The molecule has 0 unspecified atom stereocenters. The summed E-state index contributed by atoms with van der Waals surface area (Å²) in [4.78, 5) is 22.1. The van der Waals surface area contributed by atoms with Crippen LogP contribution in [0.1, 0.15) is 38.5 Å². The van der Waals surface area contributed by atoms with E-state index >= 15 is 0 Å². The quantitative estimate of drug-likeness (QED) is 0.775. The lowest BCUT2D eigenvalue weighted by atomic mass is 9.92. The maximum absolute atomic E-state index is 12.5. The van der Waals surface area contributed by atoms with Crippen molar-refractivity contribution in [2.24, 2.45) is 5.92 Å². The summed E-state index contributed by atoms with van der Waals surface area (Å²) in [5, 5.41) is 0. The molecule has 0 N–H and O–H groups in total. The Hall–Kier alpha value is -0.650. The predicted molar refractivity (Wildman–Crippen MR) is 98.1 cm³/mol. The van der Waals surface area contributed by atoms with Crippen LogP contribution in [0.2, 0.25) is 0 Å². The fourth-order valence-corrected chi connectivity index (χ4v) is 4.53. The first kappa shape index (κ1) is 18.2. The molecule has 3 rings (SSSR count). The molecule has 0 bridgehead atoms. The van der Waals surface area contributed by atoms with E-state index in [1.54, 1.807) is 0 Å². The first-order valence-corrected chi connectivity index (χ1v) is 10.0. The number of hydrogen-bond acceptors (Lipinski definition) is 4. The molecule has 138 valence electrons. The molecular weight excluding hydrogens is 300 g/mol. The van der Waals surface area contributed by atoms with Gasteiger partial charge in [0.2, 0.25) is 5.91 Å². The second kappa shape index (κ2) is 8.63. The zero-order valence-corrected chi connectivity index (χ0v) is 15.8. The summed E-state index contributed by atoms with van der Waals surface area (Å²) >= 11 is 0. The van der Waals surface area contributed by atoms with Gasteiger partial charge in [-0.2, -0.15) is 0 Å². The minimum Gasteiger partial charge on any atom is -0.340 e. The molecule has 3 fully saturated rings. The van der Waals surface area contributed by atoms with Crippen molar-refractivity contribution in [3.05, 3.63) is 0 Å². The van der Waals surface area contributed by atoms with Gasteiger partial charge in [-0.15, -0.1) is 0 Å². The number of amides is 1. The lowest BCUT2D eigenvalue weighted by molar-refractivity contribution is -0.133. The third-order valence-electron chi connectivity index (χ3n) is 6.48. The van der Waals surface area contributed by atoms with Crippen molar-refractivity contribution in [2.45, 2.75) is 44.6 Å². The summed E-state index contributed by atoms with van der Waals surface area (Å²) < 4.78 is 0. The number of piperidine rings is 2. The lowest BCUT2D eigenvalue weighted by Gasteiger charge is -2.42. The van der Waals surface area contributed by atoms with Gasteiger partial charge in [-0.1, -0.05) is 0 Å². The van der Waals surface area contributed by atoms with Crippen LogP contribution in [0.15, 0.2) is 0 Å². The molecule has 0 aromatic rings. The molecule has 0 aliphatic carbocycles. The highest BCUT2D eigenvalue weighted by molar-refractivity contribution is 5.76. The molecule has 0 atom stereocenters. The molecule has 3 aliphatic rings. The normalized spacial score (nSPS) is 26.8. The summed E-state index contributed by atoms with van der Waals surface area (Å²) in [5.74, 6) is 1.17. The maximum atomic E-state index is 12.5. The monoisotopic (exact) mass is 336 g/mol. The van der Waals surface area contributed by atoms with Crippen LogP contribution in [0.4, 0.5) is 0 Å². The topological polar surface area (TPSA) is 30.0 Å². The first-order valence-electron chi connectivity index (χ1n) is 10.0. The zero-order chi connectivity index (χ0) is 16.9. The number of rotatable bonds is 4. The van der Waals surface area contributed by atoms with Gasteiger partial charge in [0.25, 0.3) is 0 Å². The number of likely N-dealkylation sites (tertiary alicyclic amines) is 2. The minimum atomic E-state index is 0.400. The first-order chi connectivity index (χ1) is 11.6. The van der Waals surface area contributed by atoms with Crippen molar-refractivity contribution >= 4 is 5.91 Å². The van der Waals surface area contributed by atoms with E-state index < -0.39 is 0 Å². The van der Waals surface area contributed by atoms with Gasteiger partial charge in [-0.3, -0.25) is 9.69 Å². The van der Waals surface area contributed by atoms with Crippen molar-refractivity contribution in [1.29, 1.82) is 0 Å². The minimum absolute atomic E-state index is 0.400. The smallest absolute Gasteiger partial charge is 0.222 e. The largest absolute Gasteiger partial charge is 0.340 e. The Balaban J connectivity index is 1.34. The molecular formula is C19H36N4O. The highest BCUT2D eigenvalue weighted by Gasteiger charge is 2.28. The third-order valence-corrected chi connectivity index (χ3v) is 6.48. The van der Waals surface area contributed by atoms with E-state index in [-0.39, 0.29) is 0 Å². The Kier molecular flexibility index (Phi) is 6.53. The average molecular weight is 337 g/mol. The van der Waals surface area contributed by atoms with Gasteiger partial charge >= 0.3 is 0 Å². The van der Waals surface area contributed by atoms with Crippen molar-refractivity contribution in [3.63, 3.8) is 0 Å². The number of hydrogen-bond donors (Lipinski definition) is 0. The Morgan fingerprint density at radius 1 is 0.792 bits per heavy atom. The Morgan fingerprint density at radius 3 is 1.92 bits per heavy atom. The second-order valence-corrected chi connectivity index (χ2v) is 8.24. The molecule has 0 spiro atoms. The number of nitrogens with zero attached hydrogens (tertiary/aromatic N) is 4. The van der Waals surface area contributed by atoms with Crippen LogP contribution in [-0.2, 0) is 4.79 Å². The number of piperazine rings is 1. The molecule has 5 heteroatoms. The molecule has 0 radical (unpaired) electrons. The van der Waals surface area contributed by atoms with E-state index in [9.17, 15) is 4.79 Å². The van der Waals surface area contributed by atoms with E-state index in [1.165, 1.54) is 51.9 Å². The van der Waals surface area contributed by atoms with E-state index in [4.69, 9.17) is 0 Å².